The molecule has 0 saturated carbocycles. The molecule has 2 heterocycles. The minimum absolute atomic E-state index is 0.0169. The molecule has 2 N–H and O–H groups in total. The van der Waals surface area contributed by atoms with Gasteiger partial charge in [-0.3, -0.25) is 9.89 Å². The summed E-state index contributed by atoms with van der Waals surface area (Å²) in [4.78, 5) is 28.3. The van der Waals surface area contributed by atoms with Crippen LogP contribution < -0.4 is 5.56 Å². The van der Waals surface area contributed by atoms with Crippen molar-refractivity contribution >= 4 is 23.2 Å². The fraction of sp³-hybridized carbons (Fsp3) is 0.188. The summed E-state index contributed by atoms with van der Waals surface area (Å²) in [5.41, 5.74) is 2.22. The molecule has 3 aromatic rings. The summed E-state index contributed by atoms with van der Waals surface area (Å²) >= 11 is 5.87. The largest absolute Gasteiger partial charge is 0.477 e. The van der Waals surface area contributed by atoms with Gasteiger partial charge >= 0.3 is 5.97 Å². The lowest BCUT2D eigenvalue weighted by molar-refractivity contribution is 0.0698. The minimum atomic E-state index is -1.11. The zero-order chi connectivity index (χ0) is 16.7. The molecule has 0 atom stereocenters. The molecule has 7 heteroatoms. The number of rotatable bonds is 3. The summed E-state index contributed by atoms with van der Waals surface area (Å²) in [6.45, 7) is 3.31. The number of carboxylic acid groups (broad SMARTS) is 1. The van der Waals surface area contributed by atoms with Crippen LogP contribution in [0.15, 0.2) is 29.1 Å². The number of aromatic amines is 1. The molecule has 0 aliphatic heterocycles. The van der Waals surface area contributed by atoms with E-state index in [9.17, 15) is 14.7 Å². The molecular formula is C16H14ClN3O3. The third-order valence-corrected chi connectivity index (χ3v) is 4.02. The zero-order valence-electron chi connectivity index (χ0n) is 12.6. The Morgan fingerprint density at radius 2 is 1.96 bits per heavy atom. The molecule has 6 nitrogen and oxygen atoms in total. The monoisotopic (exact) mass is 331 g/mol. The Kier molecular flexibility index (Phi) is 3.69. The molecule has 2 aromatic heterocycles. The van der Waals surface area contributed by atoms with Gasteiger partial charge in [0.15, 0.2) is 5.65 Å². The molecule has 0 saturated heterocycles. The molecule has 0 spiro atoms. The summed E-state index contributed by atoms with van der Waals surface area (Å²) in [6.07, 6.45) is 0.401. The molecule has 118 valence electrons. The number of nitrogens with zero attached hydrogens (tertiary/aromatic N) is 2. The number of carbonyl (C=O) groups is 1. The van der Waals surface area contributed by atoms with E-state index in [1.54, 1.807) is 26.0 Å². The highest BCUT2D eigenvalue weighted by atomic mass is 35.5. The smallest absolute Gasteiger partial charge is 0.341 e. The van der Waals surface area contributed by atoms with E-state index < -0.39 is 5.97 Å². The van der Waals surface area contributed by atoms with Crippen LogP contribution in [-0.4, -0.2) is 25.7 Å². The maximum absolute atomic E-state index is 12.7. The van der Waals surface area contributed by atoms with Crippen LogP contribution in [0.4, 0.5) is 0 Å². The van der Waals surface area contributed by atoms with E-state index >= 15 is 0 Å². The van der Waals surface area contributed by atoms with Crippen LogP contribution in [0.5, 0.6) is 0 Å². The first kappa shape index (κ1) is 15.3. The van der Waals surface area contributed by atoms with Crippen molar-refractivity contribution in [2.45, 2.75) is 20.3 Å². The lowest BCUT2D eigenvalue weighted by atomic mass is 10.1. The molecular weight excluding hydrogens is 318 g/mol. The second kappa shape index (κ2) is 5.55. The van der Waals surface area contributed by atoms with Crippen molar-refractivity contribution in [1.82, 2.24) is 14.6 Å². The Morgan fingerprint density at radius 1 is 1.30 bits per heavy atom. The summed E-state index contributed by atoms with van der Waals surface area (Å²) in [7, 11) is 0. The fourth-order valence-corrected chi connectivity index (χ4v) is 2.72. The van der Waals surface area contributed by atoms with Crippen molar-refractivity contribution in [3.05, 3.63) is 67.7 Å². The van der Waals surface area contributed by atoms with E-state index in [2.05, 4.69) is 10.1 Å². The maximum atomic E-state index is 12.7. The van der Waals surface area contributed by atoms with E-state index in [1.807, 2.05) is 12.1 Å². The average Bonchev–Trinajstić information content (AvgIpc) is 2.82. The van der Waals surface area contributed by atoms with Crippen molar-refractivity contribution in [2.24, 2.45) is 0 Å². The first-order chi connectivity index (χ1) is 10.9. The predicted molar refractivity (Wildman–Crippen MR) is 86.5 cm³/mol. The summed E-state index contributed by atoms with van der Waals surface area (Å²) in [6, 6.07) is 7.21. The van der Waals surface area contributed by atoms with Gasteiger partial charge in [-0.25, -0.2) is 14.3 Å². The summed E-state index contributed by atoms with van der Waals surface area (Å²) in [5, 5.41) is 12.7. The van der Waals surface area contributed by atoms with Gasteiger partial charge in [-0.1, -0.05) is 23.7 Å². The highest BCUT2D eigenvalue weighted by molar-refractivity contribution is 6.30. The number of hydrogen-bond donors (Lipinski definition) is 2. The molecule has 3 rings (SSSR count). The lowest BCUT2D eigenvalue weighted by Crippen LogP contribution is -2.22. The van der Waals surface area contributed by atoms with Gasteiger partial charge in [0.2, 0.25) is 0 Å². The Labute approximate surface area is 136 Å². The Morgan fingerprint density at radius 3 is 2.57 bits per heavy atom. The topological polar surface area (TPSA) is 87.5 Å². The van der Waals surface area contributed by atoms with Gasteiger partial charge < -0.3 is 5.11 Å². The number of carboxylic acids is 1. The molecule has 0 aliphatic carbocycles. The van der Waals surface area contributed by atoms with Gasteiger partial charge in [0.1, 0.15) is 5.56 Å². The van der Waals surface area contributed by atoms with Gasteiger partial charge in [-0.2, -0.15) is 0 Å². The quantitative estimate of drug-likeness (QED) is 0.772. The number of aromatic nitrogens is 3. The van der Waals surface area contributed by atoms with Gasteiger partial charge in [-0.05, 0) is 31.5 Å². The number of nitrogens with one attached hydrogen (secondary N) is 1. The summed E-state index contributed by atoms with van der Waals surface area (Å²) < 4.78 is 1.19. The van der Waals surface area contributed by atoms with E-state index in [0.29, 0.717) is 28.4 Å². The lowest BCUT2D eigenvalue weighted by Gasteiger charge is -2.06. The zero-order valence-corrected chi connectivity index (χ0v) is 13.3. The second-order valence-electron chi connectivity index (χ2n) is 5.36. The maximum Gasteiger partial charge on any atom is 0.341 e. The van der Waals surface area contributed by atoms with Crippen molar-refractivity contribution in [2.75, 3.05) is 0 Å². The van der Waals surface area contributed by atoms with Crippen LogP contribution in [0.2, 0.25) is 5.02 Å². The second-order valence-corrected chi connectivity index (χ2v) is 5.80. The Bertz CT molecular complexity index is 971. The average molecular weight is 332 g/mol. The number of H-pyrrole nitrogens is 1. The first-order valence-electron chi connectivity index (χ1n) is 6.97. The molecule has 0 fully saturated rings. The standard InChI is InChI=1S/C16H14ClN3O3/c1-8-12(7-10-3-5-11(17)6-4-10)15(21)20-14(18-8)13(16(22)23)9(2)19-20/h3-6,19H,7H2,1-2H3,(H,22,23). The Hall–Kier alpha value is -2.60. The van der Waals surface area contributed by atoms with Crippen molar-refractivity contribution in [3.8, 4) is 0 Å². The van der Waals surface area contributed by atoms with Crippen LogP contribution in [0, 0.1) is 13.8 Å². The first-order valence-corrected chi connectivity index (χ1v) is 7.35. The minimum Gasteiger partial charge on any atom is -0.477 e. The number of aryl methyl sites for hydroxylation is 2. The molecule has 1 aromatic carbocycles. The van der Waals surface area contributed by atoms with Crippen LogP contribution in [0.25, 0.3) is 5.65 Å². The molecule has 0 aliphatic rings. The van der Waals surface area contributed by atoms with Crippen LogP contribution in [-0.2, 0) is 6.42 Å². The fourth-order valence-electron chi connectivity index (χ4n) is 2.59. The Balaban J connectivity index is 2.17. The highest BCUT2D eigenvalue weighted by Crippen LogP contribution is 2.16. The van der Waals surface area contributed by atoms with Crippen molar-refractivity contribution < 1.29 is 9.90 Å². The normalized spacial score (nSPS) is 11.1. The van der Waals surface area contributed by atoms with Crippen LogP contribution in [0.3, 0.4) is 0 Å². The van der Waals surface area contributed by atoms with Gasteiger partial charge in [0.05, 0.1) is 0 Å². The third kappa shape index (κ3) is 2.61. The van der Waals surface area contributed by atoms with E-state index in [1.165, 1.54) is 4.52 Å². The van der Waals surface area contributed by atoms with Gasteiger partial charge in [0.25, 0.3) is 5.56 Å². The molecule has 0 unspecified atom stereocenters. The van der Waals surface area contributed by atoms with E-state index in [-0.39, 0.29) is 16.8 Å². The van der Waals surface area contributed by atoms with Gasteiger partial charge in [0, 0.05) is 28.4 Å². The highest BCUT2D eigenvalue weighted by Gasteiger charge is 2.20. The predicted octanol–water partition coefficient (Wildman–Crippen LogP) is 2.58. The van der Waals surface area contributed by atoms with Crippen molar-refractivity contribution in [3.63, 3.8) is 0 Å². The third-order valence-electron chi connectivity index (χ3n) is 3.77. The molecule has 0 radical (unpaired) electrons. The van der Waals surface area contributed by atoms with Gasteiger partial charge in [-0.15, -0.1) is 0 Å². The number of aromatic carboxylic acids is 1. The van der Waals surface area contributed by atoms with Crippen LogP contribution in [0.1, 0.15) is 32.9 Å². The summed E-state index contributed by atoms with van der Waals surface area (Å²) in [5.74, 6) is -1.11. The molecule has 0 bridgehead atoms. The van der Waals surface area contributed by atoms with E-state index in [0.717, 1.165) is 5.56 Å². The molecule has 0 amide bonds. The number of benzene rings is 1. The van der Waals surface area contributed by atoms with Crippen LogP contribution >= 0.6 is 11.6 Å². The number of hydrogen-bond acceptors (Lipinski definition) is 3. The number of fused-ring (bicyclic) bond motifs is 1. The SMILES string of the molecule is Cc1nc2c(C(=O)O)c(C)[nH]n2c(=O)c1Cc1ccc(Cl)cc1. The van der Waals surface area contributed by atoms with E-state index in [4.69, 9.17) is 11.6 Å². The molecule has 23 heavy (non-hydrogen) atoms. The number of halogens is 1. The van der Waals surface area contributed by atoms with Crippen molar-refractivity contribution in [1.29, 1.82) is 0 Å².